The molecule has 0 aliphatic carbocycles. The normalized spacial score (nSPS) is 9.28. The first-order valence-corrected chi connectivity index (χ1v) is 5.25. The van der Waals surface area contributed by atoms with Crippen molar-refractivity contribution < 1.29 is 14.3 Å². The highest BCUT2D eigenvalue weighted by Crippen LogP contribution is 2.06. The largest absolute Gasteiger partial charge is 0.455 e. The van der Waals surface area contributed by atoms with Crippen LogP contribution in [0.2, 0.25) is 0 Å². The summed E-state index contributed by atoms with van der Waals surface area (Å²) in [5.74, 6) is -1.01. The lowest BCUT2D eigenvalue weighted by Gasteiger charge is -2.04. The van der Waals surface area contributed by atoms with Crippen LogP contribution in [0.4, 0.5) is 5.69 Å². The molecule has 0 unspecified atom stereocenters. The number of nitriles is 1. The number of hydrogen-bond acceptors (Lipinski definition) is 5. The van der Waals surface area contributed by atoms with Crippen molar-refractivity contribution in [2.24, 2.45) is 0 Å². The van der Waals surface area contributed by atoms with E-state index in [-0.39, 0.29) is 19.6 Å². The lowest BCUT2D eigenvalue weighted by molar-refractivity contribution is -0.147. The molecule has 1 rings (SSSR count). The Morgan fingerprint density at radius 1 is 1.33 bits per heavy atom. The fourth-order valence-electron chi connectivity index (χ4n) is 1.19. The van der Waals surface area contributed by atoms with Gasteiger partial charge in [-0.3, -0.25) is 9.59 Å². The summed E-state index contributed by atoms with van der Waals surface area (Å²) in [4.78, 5) is 22.4. The number of nitrogens with zero attached hydrogens (tertiary/aromatic N) is 1. The predicted octanol–water partition coefficient (Wildman–Crippen LogP) is -0.00572. The van der Waals surface area contributed by atoms with E-state index in [1.54, 1.807) is 30.3 Å². The van der Waals surface area contributed by atoms with E-state index in [9.17, 15) is 9.59 Å². The van der Waals surface area contributed by atoms with Crippen LogP contribution >= 0.6 is 0 Å². The monoisotopic (exact) mass is 247 g/mol. The van der Waals surface area contributed by atoms with Crippen LogP contribution in [0.15, 0.2) is 24.3 Å². The van der Waals surface area contributed by atoms with Gasteiger partial charge in [-0.25, -0.2) is 0 Å². The maximum atomic E-state index is 11.4. The van der Waals surface area contributed by atoms with E-state index in [1.807, 2.05) is 0 Å². The molecule has 0 saturated carbocycles. The topological polar surface area (TPSA) is 105 Å². The Balaban J connectivity index is 2.32. The van der Waals surface area contributed by atoms with E-state index in [0.717, 1.165) is 5.56 Å². The van der Waals surface area contributed by atoms with Gasteiger partial charge in [0.25, 0.3) is 5.91 Å². The number of carbonyl (C=O) groups is 2. The third-order valence-electron chi connectivity index (χ3n) is 2.06. The summed E-state index contributed by atoms with van der Waals surface area (Å²) in [5.41, 5.74) is 6.88. The molecule has 1 aromatic carbocycles. The molecule has 3 N–H and O–H groups in total. The summed E-state index contributed by atoms with van der Waals surface area (Å²) in [7, 11) is 0. The molecule has 0 aliphatic rings. The molecule has 1 aromatic rings. The number of rotatable bonds is 5. The maximum Gasteiger partial charge on any atom is 0.310 e. The number of carbonyl (C=O) groups excluding carboxylic acids is 2. The molecule has 0 bridgehead atoms. The molecule has 0 radical (unpaired) electrons. The van der Waals surface area contributed by atoms with Gasteiger partial charge in [-0.2, -0.15) is 5.26 Å². The van der Waals surface area contributed by atoms with Crippen molar-refractivity contribution in [1.29, 1.82) is 5.26 Å². The second-order valence-corrected chi connectivity index (χ2v) is 3.51. The molecule has 0 aromatic heterocycles. The van der Waals surface area contributed by atoms with Crippen LogP contribution in [0.5, 0.6) is 0 Å². The van der Waals surface area contributed by atoms with Crippen molar-refractivity contribution in [1.82, 2.24) is 5.32 Å². The van der Waals surface area contributed by atoms with Crippen LogP contribution in [0.3, 0.4) is 0 Å². The summed E-state index contributed by atoms with van der Waals surface area (Å²) in [6.45, 7) is -0.482. The van der Waals surface area contributed by atoms with Crippen molar-refractivity contribution in [3.8, 4) is 6.07 Å². The number of nitrogens with two attached hydrogens (primary N) is 1. The molecule has 94 valence electrons. The van der Waals surface area contributed by atoms with Crippen molar-refractivity contribution in [3.05, 3.63) is 29.8 Å². The number of amides is 1. The van der Waals surface area contributed by atoms with Crippen LogP contribution in [0, 0.1) is 11.3 Å². The van der Waals surface area contributed by atoms with Gasteiger partial charge in [0.2, 0.25) is 0 Å². The Morgan fingerprint density at radius 2 is 2.00 bits per heavy atom. The van der Waals surface area contributed by atoms with E-state index in [4.69, 9.17) is 15.7 Å². The third-order valence-corrected chi connectivity index (χ3v) is 2.06. The summed E-state index contributed by atoms with van der Waals surface area (Å²) >= 11 is 0. The summed E-state index contributed by atoms with van der Waals surface area (Å²) in [6.07, 6.45) is 0.0752. The fourth-order valence-corrected chi connectivity index (χ4v) is 1.19. The Kier molecular flexibility index (Phi) is 5.19. The molecule has 6 heteroatoms. The number of ether oxygens (including phenoxy) is 1. The average Bonchev–Trinajstić information content (AvgIpc) is 2.36. The summed E-state index contributed by atoms with van der Waals surface area (Å²) in [6, 6.07) is 8.54. The molecule has 1 amide bonds. The van der Waals surface area contributed by atoms with E-state index >= 15 is 0 Å². The predicted molar refractivity (Wildman–Crippen MR) is 64.1 cm³/mol. The molecule has 6 nitrogen and oxygen atoms in total. The van der Waals surface area contributed by atoms with Gasteiger partial charge in [0.05, 0.1) is 12.5 Å². The minimum Gasteiger partial charge on any atom is -0.455 e. The first-order chi connectivity index (χ1) is 8.61. The van der Waals surface area contributed by atoms with Crippen LogP contribution in [0.25, 0.3) is 0 Å². The maximum absolute atomic E-state index is 11.4. The number of nitrogens with one attached hydrogen (secondary N) is 1. The highest BCUT2D eigenvalue weighted by atomic mass is 16.5. The van der Waals surface area contributed by atoms with E-state index in [1.165, 1.54) is 0 Å². The third kappa shape index (κ3) is 4.99. The molecule has 0 saturated heterocycles. The lowest BCUT2D eigenvalue weighted by atomic mass is 10.1. The van der Waals surface area contributed by atoms with Crippen molar-refractivity contribution in [2.45, 2.75) is 6.42 Å². The fraction of sp³-hybridized carbons (Fsp3) is 0.250. The SMILES string of the molecule is N#CCNC(=O)COC(=O)Cc1ccc(N)cc1. The summed E-state index contributed by atoms with van der Waals surface area (Å²) in [5, 5.41) is 10.5. The van der Waals surface area contributed by atoms with Crippen LogP contribution < -0.4 is 11.1 Å². The van der Waals surface area contributed by atoms with Gasteiger partial charge in [-0.05, 0) is 17.7 Å². The number of esters is 1. The number of hydrogen-bond donors (Lipinski definition) is 2. The molecule has 18 heavy (non-hydrogen) atoms. The highest BCUT2D eigenvalue weighted by molar-refractivity contribution is 5.81. The van der Waals surface area contributed by atoms with Gasteiger partial charge in [0, 0.05) is 5.69 Å². The smallest absolute Gasteiger partial charge is 0.310 e. The minimum absolute atomic E-state index is 0.0752. The standard InChI is InChI=1S/C12H13N3O3/c13-5-6-15-11(16)8-18-12(17)7-9-1-3-10(14)4-2-9/h1-4H,6-8,14H2,(H,15,16). The van der Waals surface area contributed by atoms with Crippen molar-refractivity contribution >= 4 is 17.6 Å². The average molecular weight is 247 g/mol. The zero-order valence-corrected chi connectivity index (χ0v) is 9.68. The molecule has 0 fully saturated rings. The first-order valence-electron chi connectivity index (χ1n) is 5.25. The molecule has 0 spiro atoms. The van der Waals surface area contributed by atoms with Crippen molar-refractivity contribution in [2.75, 3.05) is 18.9 Å². The molecular weight excluding hydrogens is 234 g/mol. The Bertz CT molecular complexity index is 462. The number of benzene rings is 1. The highest BCUT2D eigenvalue weighted by Gasteiger charge is 2.07. The lowest BCUT2D eigenvalue weighted by Crippen LogP contribution is -2.29. The molecular formula is C12H13N3O3. The van der Waals surface area contributed by atoms with E-state index < -0.39 is 11.9 Å². The van der Waals surface area contributed by atoms with Crippen molar-refractivity contribution in [3.63, 3.8) is 0 Å². The van der Waals surface area contributed by atoms with Crippen LogP contribution in [-0.4, -0.2) is 25.0 Å². The second kappa shape index (κ2) is 6.91. The number of anilines is 1. The second-order valence-electron chi connectivity index (χ2n) is 3.51. The van der Waals surface area contributed by atoms with E-state index in [2.05, 4.69) is 5.32 Å². The zero-order chi connectivity index (χ0) is 13.4. The van der Waals surface area contributed by atoms with Gasteiger partial charge < -0.3 is 15.8 Å². The van der Waals surface area contributed by atoms with Crippen LogP contribution in [0.1, 0.15) is 5.56 Å². The Hall–Kier alpha value is -2.55. The molecule has 0 heterocycles. The Labute approximate surface area is 104 Å². The minimum atomic E-state index is -0.508. The van der Waals surface area contributed by atoms with Crippen LogP contribution in [-0.2, 0) is 20.7 Å². The Morgan fingerprint density at radius 3 is 2.61 bits per heavy atom. The zero-order valence-electron chi connectivity index (χ0n) is 9.68. The van der Waals surface area contributed by atoms with Gasteiger partial charge in [-0.1, -0.05) is 12.1 Å². The summed E-state index contributed by atoms with van der Waals surface area (Å²) < 4.78 is 4.74. The van der Waals surface area contributed by atoms with Gasteiger partial charge in [-0.15, -0.1) is 0 Å². The quantitative estimate of drug-likeness (QED) is 0.432. The van der Waals surface area contributed by atoms with E-state index in [0.29, 0.717) is 5.69 Å². The molecule has 0 atom stereocenters. The van der Waals surface area contributed by atoms with Gasteiger partial charge in [0.15, 0.2) is 6.61 Å². The van der Waals surface area contributed by atoms with Gasteiger partial charge >= 0.3 is 5.97 Å². The molecule has 0 aliphatic heterocycles. The number of nitrogen functional groups attached to an aromatic ring is 1. The van der Waals surface area contributed by atoms with Gasteiger partial charge in [0.1, 0.15) is 6.54 Å². The first kappa shape index (κ1) is 13.5.